The minimum Gasteiger partial charge on any atom is -0.309 e. The van der Waals surface area contributed by atoms with E-state index in [1.165, 1.54) is 76.8 Å². The van der Waals surface area contributed by atoms with Crippen molar-refractivity contribution in [3.8, 4) is 55.6 Å². The highest BCUT2D eigenvalue weighted by Gasteiger charge is 2.27. The highest BCUT2D eigenvalue weighted by atomic mass is 15.1. The monoisotopic (exact) mass is 775 g/mol. The Bertz CT molecular complexity index is 3320. The summed E-state index contributed by atoms with van der Waals surface area (Å²) in [6, 6.07) is 90.7. The van der Waals surface area contributed by atoms with Gasteiger partial charge < -0.3 is 4.90 Å². The van der Waals surface area contributed by atoms with Crippen molar-refractivity contribution in [1.82, 2.24) is 0 Å². The van der Waals surface area contributed by atoms with E-state index in [0.29, 0.717) is 0 Å². The maximum Gasteiger partial charge on any atom is 0.0546 e. The Morgan fingerprint density at radius 3 is 1.31 bits per heavy atom. The lowest BCUT2D eigenvalue weighted by atomic mass is 9.83. The van der Waals surface area contributed by atoms with Crippen molar-refractivity contribution < 1.29 is 0 Å². The molecule has 11 aromatic rings. The van der Waals surface area contributed by atoms with Gasteiger partial charge in [0.15, 0.2) is 0 Å². The smallest absolute Gasteiger partial charge is 0.0546 e. The van der Waals surface area contributed by atoms with Crippen molar-refractivity contribution in [3.05, 3.63) is 249 Å². The Morgan fingerprint density at radius 1 is 0.230 bits per heavy atom. The van der Waals surface area contributed by atoms with E-state index in [1.54, 1.807) is 0 Å². The zero-order chi connectivity index (χ0) is 40.5. The Labute approximate surface area is 357 Å². The first-order valence-electron chi connectivity index (χ1n) is 21.0. The molecule has 1 heteroatoms. The first kappa shape index (κ1) is 36.1. The Balaban J connectivity index is 1.27. The summed E-state index contributed by atoms with van der Waals surface area (Å²) in [6.07, 6.45) is 0. The van der Waals surface area contributed by atoms with Crippen molar-refractivity contribution in [2.45, 2.75) is 0 Å². The van der Waals surface area contributed by atoms with Crippen molar-refractivity contribution in [2.24, 2.45) is 0 Å². The van der Waals surface area contributed by atoms with Gasteiger partial charge in [0, 0.05) is 16.8 Å². The third-order valence-corrected chi connectivity index (χ3v) is 12.1. The standard InChI is InChI=1S/C60H41N/c1-5-19-42(20-6-1)43-33-36-49(37-34-43)61(56-39-35-44-21-13-16-30-51(44)58(56)45-22-7-2-8-23-45)57-40-38-54(55-41-48-28-14-15-29-50(48)52-31-17-18-32-53(52)55)59(46-24-9-3-10-25-46)60(57)47-26-11-4-12-27-47/h1-41H. The van der Waals surface area contributed by atoms with Crippen LogP contribution >= 0.6 is 0 Å². The average Bonchev–Trinajstić information content (AvgIpc) is 3.35. The van der Waals surface area contributed by atoms with Gasteiger partial charge in [-0.05, 0) is 107 Å². The van der Waals surface area contributed by atoms with Gasteiger partial charge in [-0.1, -0.05) is 218 Å². The largest absolute Gasteiger partial charge is 0.309 e. The molecule has 0 bridgehead atoms. The first-order valence-corrected chi connectivity index (χ1v) is 21.0. The van der Waals surface area contributed by atoms with Crippen LogP contribution in [0.2, 0.25) is 0 Å². The van der Waals surface area contributed by atoms with Gasteiger partial charge in [0.25, 0.3) is 0 Å². The molecule has 286 valence electrons. The molecule has 0 saturated carbocycles. The van der Waals surface area contributed by atoms with Crippen LogP contribution < -0.4 is 4.90 Å². The highest BCUT2D eigenvalue weighted by molar-refractivity contribution is 6.17. The normalized spacial score (nSPS) is 11.3. The molecule has 0 atom stereocenters. The van der Waals surface area contributed by atoms with Crippen LogP contribution in [0.15, 0.2) is 249 Å². The van der Waals surface area contributed by atoms with Gasteiger partial charge in [-0.3, -0.25) is 0 Å². The fraction of sp³-hybridized carbons (Fsp3) is 0. The van der Waals surface area contributed by atoms with Gasteiger partial charge in [0.2, 0.25) is 0 Å². The van der Waals surface area contributed by atoms with Gasteiger partial charge in [-0.2, -0.15) is 0 Å². The minimum absolute atomic E-state index is 1.08. The van der Waals surface area contributed by atoms with Crippen LogP contribution in [-0.2, 0) is 0 Å². The molecule has 11 rings (SSSR count). The van der Waals surface area contributed by atoms with Crippen LogP contribution in [0.4, 0.5) is 17.1 Å². The number of benzene rings is 11. The average molecular weight is 776 g/mol. The zero-order valence-electron chi connectivity index (χ0n) is 33.6. The van der Waals surface area contributed by atoms with Crippen molar-refractivity contribution >= 4 is 49.4 Å². The van der Waals surface area contributed by atoms with Gasteiger partial charge in [-0.15, -0.1) is 0 Å². The molecule has 11 aromatic carbocycles. The summed E-state index contributed by atoms with van der Waals surface area (Å²) in [4.78, 5) is 2.50. The van der Waals surface area contributed by atoms with Crippen LogP contribution in [0.25, 0.3) is 88.0 Å². The molecule has 0 spiro atoms. The summed E-state index contributed by atoms with van der Waals surface area (Å²) < 4.78 is 0. The highest BCUT2D eigenvalue weighted by Crippen LogP contribution is 2.52. The number of anilines is 3. The second kappa shape index (κ2) is 15.6. The number of fused-ring (bicyclic) bond motifs is 4. The quantitative estimate of drug-likeness (QED) is 0.139. The molecular weight excluding hydrogens is 735 g/mol. The lowest BCUT2D eigenvalue weighted by molar-refractivity contribution is 1.29. The fourth-order valence-corrected chi connectivity index (χ4v) is 9.28. The number of hydrogen-bond donors (Lipinski definition) is 0. The molecule has 61 heavy (non-hydrogen) atoms. The van der Waals surface area contributed by atoms with Crippen LogP contribution in [0.1, 0.15) is 0 Å². The van der Waals surface area contributed by atoms with Crippen LogP contribution in [0.5, 0.6) is 0 Å². The molecule has 1 nitrogen and oxygen atoms in total. The molecule has 0 aliphatic heterocycles. The molecular formula is C60H41N. The molecule has 0 fully saturated rings. The van der Waals surface area contributed by atoms with E-state index in [0.717, 1.165) is 28.2 Å². The van der Waals surface area contributed by atoms with Crippen LogP contribution in [0, 0.1) is 0 Å². The molecule has 0 radical (unpaired) electrons. The number of rotatable bonds is 8. The van der Waals surface area contributed by atoms with E-state index in [9.17, 15) is 0 Å². The summed E-state index contributed by atoms with van der Waals surface area (Å²) >= 11 is 0. The number of nitrogens with zero attached hydrogens (tertiary/aromatic N) is 1. The molecule has 0 amide bonds. The summed E-state index contributed by atoms with van der Waals surface area (Å²) in [7, 11) is 0. The summed E-state index contributed by atoms with van der Waals surface area (Å²) in [5, 5.41) is 7.39. The van der Waals surface area contributed by atoms with E-state index in [-0.39, 0.29) is 0 Å². The van der Waals surface area contributed by atoms with E-state index in [1.807, 2.05) is 0 Å². The van der Waals surface area contributed by atoms with E-state index in [2.05, 4.69) is 254 Å². The summed E-state index contributed by atoms with van der Waals surface area (Å²) in [6.45, 7) is 0. The molecule has 0 heterocycles. The Kier molecular flexibility index (Phi) is 9.26. The van der Waals surface area contributed by atoms with Crippen molar-refractivity contribution in [1.29, 1.82) is 0 Å². The van der Waals surface area contributed by atoms with Gasteiger partial charge in [0.1, 0.15) is 0 Å². The van der Waals surface area contributed by atoms with Gasteiger partial charge in [-0.25, -0.2) is 0 Å². The molecule has 0 aliphatic rings. The van der Waals surface area contributed by atoms with Crippen LogP contribution in [0.3, 0.4) is 0 Å². The molecule has 0 aromatic heterocycles. The Hall–Kier alpha value is -8.00. The zero-order valence-corrected chi connectivity index (χ0v) is 33.6. The second-order valence-corrected chi connectivity index (χ2v) is 15.6. The van der Waals surface area contributed by atoms with E-state index in [4.69, 9.17) is 0 Å². The predicted molar refractivity (Wildman–Crippen MR) is 261 cm³/mol. The number of hydrogen-bond acceptors (Lipinski definition) is 1. The fourth-order valence-electron chi connectivity index (χ4n) is 9.28. The molecule has 0 unspecified atom stereocenters. The Morgan fingerprint density at radius 2 is 0.672 bits per heavy atom. The lowest BCUT2D eigenvalue weighted by Gasteiger charge is -2.32. The third-order valence-electron chi connectivity index (χ3n) is 12.1. The maximum atomic E-state index is 2.50. The predicted octanol–water partition coefficient (Wildman–Crippen LogP) is 17.0. The maximum absolute atomic E-state index is 2.50. The van der Waals surface area contributed by atoms with E-state index >= 15 is 0 Å². The third kappa shape index (κ3) is 6.54. The van der Waals surface area contributed by atoms with Gasteiger partial charge >= 0.3 is 0 Å². The van der Waals surface area contributed by atoms with Crippen molar-refractivity contribution in [2.75, 3.05) is 4.90 Å². The summed E-state index contributed by atoms with van der Waals surface area (Å²) in [5.74, 6) is 0. The van der Waals surface area contributed by atoms with E-state index < -0.39 is 0 Å². The molecule has 0 saturated heterocycles. The SMILES string of the molecule is c1ccc(-c2ccc(N(c3ccc(-c4cc5ccccc5c5ccccc45)c(-c4ccccc4)c3-c3ccccc3)c3ccc4ccccc4c3-c3ccccc3)cc2)cc1. The first-order chi connectivity index (χ1) is 30.3. The molecule has 0 aliphatic carbocycles. The second-order valence-electron chi connectivity index (χ2n) is 15.6. The summed E-state index contributed by atoms with van der Waals surface area (Å²) in [5.41, 5.74) is 15.1. The lowest BCUT2D eigenvalue weighted by Crippen LogP contribution is -2.13. The van der Waals surface area contributed by atoms with Crippen molar-refractivity contribution in [3.63, 3.8) is 0 Å². The van der Waals surface area contributed by atoms with Gasteiger partial charge in [0.05, 0.1) is 11.4 Å². The topological polar surface area (TPSA) is 3.24 Å². The minimum atomic E-state index is 1.08. The molecule has 0 N–H and O–H groups in total. The van der Waals surface area contributed by atoms with Crippen LogP contribution in [-0.4, -0.2) is 0 Å².